The second-order valence-corrected chi connectivity index (χ2v) is 10.2. The molecule has 0 radical (unpaired) electrons. The molecule has 0 unspecified atom stereocenters. The molecular formula is C27H28N8O2. The van der Waals surface area contributed by atoms with Gasteiger partial charge in [-0.2, -0.15) is 5.26 Å². The first-order valence-electron chi connectivity index (χ1n) is 12.0. The van der Waals surface area contributed by atoms with Crippen molar-refractivity contribution in [1.82, 2.24) is 30.5 Å². The summed E-state index contributed by atoms with van der Waals surface area (Å²) in [5, 5.41) is 21.3. The van der Waals surface area contributed by atoms with Crippen LogP contribution in [-0.2, 0) is 16.7 Å². The van der Waals surface area contributed by atoms with Crippen LogP contribution in [-0.4, -0.2) is 44.9 Å². The van der Waals surface area contributed by atoms with Gasteiger partial charge in [-0.25, -0.2) is 9.97 Å². The predicted octanol–water partition coefficient (Wildman–Crippen LogP) is 3.77. The van der Waals surface area contributed by atoms with Crippen LogP contribution in [0.2, 0.25) is 0 Å². The van der Waals surface area contributed by atoms with E-state index in [1.807, 2.05) is 44.2 Å². The number of pyridine rings is 1. The highest BCUT2D eigenvalue weighted by Gasteiger charge is 2.32. The minimum absolute atomic E-state index is 0.176. The summed E-state index contributed by atoms with van der Waals surface area (Å²) in [6.45, 7) is 9.14. The zero-order valence-corrected chi connectivity index (χ0v) is 21.0. The van der Waals surface area contributed by atoms with Crippen LogP contribution in [0.1, 0.15) is 32.0 Å². The molecule has 1 aliphatic heterocycles. The highest BCUT2D eigenvalue weighted by Crippen LogP contribution is 2.30. The maximum atomic E-state index is 9.46. The summed E-state index contributed by atoms with van der Waals surface area (Å²) in [6, 6.07) is 13.8. The Morgan fingerprint density at radius 2 is 1.84 bits per heavy atom. The summed E-state index contributed by atoms with van der Waals surface area (Å²) in [7, 11) is 0. The van der Waals surface area contributed by atoms with Crippen LogP contribution in [0.4, 0.5) is 5.82 Å². The summed E-state index contributed by atoms with van der Waals surface area (Å²) in [5.74, 6) is 0.718. The molecule has 0 spiro atoms. The van der Waals surface area contributed by atoms with E-state index in [1.54, 1.807) is 18.5 Å². The molecule has 0 saturated carbocycles. The molecule has 1 saturated heterocycles. The minimum atomic E-state index is -0.739. The second-order valence-electron chi connectivity index (χ2n) is 10.2. The molecule has 1 fully saturated rings. The molecule has 188 valence electrons. The number of nitrogens with zero attached hydrogens (tertiary/aromatic N) is 6. The molecule has 0 aliphatic carbocycles. The summed E-state index contributed by atoms with van der Waals surface area (Å²) in [5.41, 5.74) is 9.79. The number of nitrogens with two attached hydrogens (primary N) is 1. The normalized spacial score (nSPS) is 14.6. The van der Waals surface area contributed by atoms with E-state index >= 15 is 0 Å². The Morgan fingerprint density at radius 3 is 2.54 bits per heavy atom. The van der Waals surface area contributed by atoms with E-state index in [9.17, 15) is 5.26 Å². The van der Waals surface area contributed by atoms with Gasteiger partial charge in [0.25, 0.3) is 5.89 Å². The molecular weight excluding hydrogens is 468 g/mol. The van der Waals surface area contributed by atoms with Crippen LogP contribution in [0.25, 0.3) is 34.3 Å². The molecule has 0 amide bonds. The van der Waals surface area contributed by atoms with E-state index in [4.69, 9.17) is 14.9 Å². The number of anilines is 1. The minimum Gasteiger partial charge on any atom is -0.414 e. The van der Waals surface area contributed by atoms with Crippen LogP contribution in [0.5, 0.6) is 0 Å². The Bertz CT molecular complexity index is 1450. The molecule has 10 heteroatoms. The lowest BCUT2D eigenvalue weighted by Crippen LogP contribution is -2.47. The lowest BCUT2D eigenvalue weighted by Gasteiger charge is -2.38. The van der Waals surface area contributed by atoms with Crippen molar-refractivity contribution < 1.29 is 9.15 Å². The van der Waals surface area contributed by atoms with Crippen LogP contribution in [0.3, 0.4) is 0 Å². The molecule has 0 bridgehead atoms. The third kappa shape index (κ3) is 5.18. The van der Waals surface area contributed by atoms with E-state index in [1.165, 1.54) is 0 Å². The summed E-state index contributed by atoms with van der Waals surface area (Å²) in [4.78, 5) is 13.3. The number of nitrogens with one attached hydrogen (secondary N) is 1. The number of hydrogen-bond donors (Lipinski definition) is 2. The van der Waals surface area contributed by atoms with E-state index in [-0.39, 0.29) is 17.1 Å². The van der Waals surface area contributed by atoms with Crippen molar-refractivity contribution in [3.63, 3.8) is 0 Å². The second kappa shape index (κ2) is 9.69. The van der Waals surface area contributed by atoms with Gasteiger partial charge in [-0.05, 0) is 43.7 Å². The largest absolute Gasteiger partial charge is 0.414 e. The standard InChI is InChI=1S/C27H28N8O2/c1-26(2,13-28)21-10-19(8-9-31-21)20-12-32-23(29)22(33-20)25-35-34-24(37-25)18-6-4-17(5-7-18)11-30-14-27(3)15-36-16-27/h4-10,12,30H,11,14-16H2,1-3H3,(H2,29,32). The molecule has 37 heavy (non-hydrogen) atoms. The summed E-state index contributed by atoms with van der Waals surface area (Å²) < 4.78 is 11.2. The summed E-state index contributed by atoms with van der Waals surface area (Å²) in [6.07, 6.45) is 3.22. The molecule has 1 aliphatic rings. The van der Waals surface area contributed by atoms with Crippen LogP contribution < -0.4 is 11.1 Å². The predicted molar refractivity (Wildman–Crippen MR) is 138 cm³/mol. The highest BCUT2D eigenvalue weighted by molar-refractivity contribution is 5.69. The van der Waals surface area contributed by atoms with Gasteiger partial charge in [0.1, 0.15) is 0 Å². The van der Waals surface area contributed by atoms with Crippen molar-refractivity contribution in [1.29, 1.82) is 5.26 Å². The Labute approximate surface area is 215 Å². The SMILES string of the molecule is CC1(CNCc2ccc(-c3nnc(-c4nc(-c5ccnc(C(C)(C)C#N)c5)cnc4N)o3)cc2)COC1. The van der Waals surface area contributed by atoms with Crippen molar-refractivity contribution in [3.05, 3.63) is 60.0 Å². The molecule has 4 heterocycles. The van der Waals surface area contributed by atoms with Gasteiger partial charge in [-0.3, -0.25) is 4.98 Å². The first-order chi connectivity index (χ1) is 17.8. The molecule has 3 N–H and O–H groups in total. The van der Waals surface area contributed by atoms with Crippen LogP contribution in [0.15, 0.2) is 53.2 Å². The van der Waals surface area contributed by atoms with Gasteiger partial charge < -0.3 is 20.2 Å². The van der Waals surface area contributed by atoms with E-state index in [0.717, 1.165) is 43.0 Å². The zero-order chi connectivity index (χ0) is 26.0. The average Bonchev–Trinajstić information content (AvgIpc) is 3.38. The number of aromatic nitrogens is 5. The lowest BCUT2D eigenvalue weighted by atomic mass is 9.89. The fraction of sp³-hybridized carbons (Fsp3) is 0.333. The molecule has 4 aromatic rings. The van der Waals surface area contributed by atoms with Gasteiger partial charge >= 0.3 is 0 Å². The Balaban J connectivity index is 1.33. The van der Waals surface area contributed by atoms with Gasteiger partial charge in [-0.1, -0.05) is 19.1 Å². The van der Waals surface area contributed by atoms with Crippen molar-refractivity contribution in [3.8, 4) is 40.4 Å². The number of ether oxygens (including phenoxy) is 1. The van der Waals surface area contributed by atoms with Gasteiger partial charge in [0, 0.05) is 35.8 Å². The van der Waals surface area contributed by atoms with Gasteiger partial charge in [0.15, 0.2) is 11.5 Å². The monoisotopic (exact) mass is 496 g/mol. The van der Waals surface area contributed by atoms with Crippen molar-refractivity contribution in [2.45, 2.75) is 32.7 Å². The zero-order valence-electron chi connectivity index (χ0n) is 21.0. The van der Waals surface area contributed by atoms with E-state index in [2.05, 4.69) is 43.5 Å². The molecule has 3 aromatic heterocycles. The topological polar surface area (TPSA) is 149 Å². The Morgan fingerprint density at radius 1 is 1.08 bits per heavy atom. The van der Waals surface area contributed by atoms with Crippen molar-refractivity contribution >= 4 is 5.82 Å². The highest BCUT2D eigenvalue weighted by atomic mass is 16.5. The van der Waals surface area contributed by atoms with Crippen LogP contribution >= 0.6 is 0 Å². The fourth-order valence-electron chi connectivity index (χ4n) is 3.95. The maximum absolute atomic E-state index is 9.46. The van der Waals surface area contributed by atoms with E-state index < -0.39 is 5.41 Å². The summed E-state index contributed by atoms with van der Waals surface area (Å²) >= 11 is 0. The van der Waals surface area contributed by atoms with Gasteiger partial charge in [0.05, 0.1) is 42.3 Å². The maximum Gasteiger partial charge on any atom is 0.270 e. The third-order valence-electron chi connectivity index (χ3n) is 6.39. The first-order valence-corrected chi connectivity index (χ1v) is 12.0. The number of nitriles is 1. The number of rotatable bonds is 8. The van der Waals surface area contributed by atoms with E-state index in [0.29, 0.717) is 23.0 Å². The average molecular weight is 497 g/mol. The smallest absolute Gasteiger partial charge is 0.270 e. The van der Waals surface area contributed by atoms with Gasteiger partial charge in [0.2, 0.25) is 5.89 Å². The van der Waals surface area contributed by atoms with Gasteiger partial charge in [-0.15, -0.1) is 10.2 Å². The third-order valence-corrected chi connectivity index (χ3v) is 6.39. The Hall–Kier alpha value is -4.20. The van der Waals surface area contributed by atoms with Crippen molar-refractivity contribution in [2.75, 3.05) is 25.5 Å². The molecule has 10 nitrogen and oxygen atoms in total. The van der Waals surface area contributed by atoms with Crippen LogP contribution in [0, 0.1) is 16.7 Å². The number of nitrogen functional groups attached to an aromatic ring is 1. The first kappa shape index (κ1) is 24.5. The quantitative estimate of drug-likeness (QED) is 0.369. The molecule has 0 atom stereocenters. The molecule has 5 rings (SSSR count). The number of hydrogen-bond acceptors (Lipinski definition) is 10. The lowest BCUT2D eigenvalue weighted by molar-refractivity contribution is -0.0991. The fourth-order valence-corrected chi connectivity index (χ4v) is 3.95. The Kier molecular flexibility index (Phi) is 6.41. The molecule has 1 aromatic carbocycles. The van der Waals surface area contributed by atoms with Crippen molar-refractivity contribution in [2.24, 2.45) is 5.41 Å². The number of benzene rings is 1.